The molecule has 0 spiro atoms. The number of aliphatic hydroxyl groups is 1. The molecule has 5 nitrogen and oxygen atoms in total. The fourth-order valence-electron chi connectivity index (χ4n) is 1.68. The molecule has 1 rings (SSSR count). The molecular weight excluding hydrogens is 218 g/mol. The monoisotopic (exact) mass is 239 g/mol. The molecule has 0 saturated carbocycles. The van der Waals surface area contributed by atoms with E-state index in [0.29, 0.717) is 12.1 Å². The zero-order valence-electron chi connectivity index (χ0n) is 10.9. The van der Waals surface area contributed by atoms with E-state index in [1.54, 1.807) is 19.3 Å². The normalized spacial score (nSPS) is 13.5. The molecule has 2 N–H and O–H groups in total. The number of carbonyl (C=O) groups excluding carboxylic acids is 1. The zero-order valence-corrected chi connectivity index (χ0v) is 10.9. The van der Waals surface area contributed by atoms with E-state index >= 15 is 0 Å². The fourth-order valence-corrected chi connectivity index (χ4v) is 1.68. The topological polar surface area (TPSA) is 67.2 Å². The number of nitrogens with one attached hydrogen (secondary N) is 1. The van der Waals surface area contributed by atoms with Crippen molar-refractivity contribution in [2.75, 3.05) is 6.54 Å². The number of hydrogen-bond acceptors (Lipinski definition) is 3. The van der Waals surface area contributed by atoms with Gasteiger partial charge in [0.2, 0.25) is 0 Å². The molecule has 0 aliphatic carbocycles. The van der Waals surface area contributed by atoms with Crippen molar-refractivity contribution in [3.05, 3.63) is 18.0 Å². The third-order valence-electron chi connectivity index (χ3n) is 2.40. The first kappa shape index (κ1) is 13.7. The Hall–Kier alpha value is -1.36. The van der Waals surface area contributed by atoms with Gasteiger partial charge in [0, 0.05) is 19.8 Å². The van der Waals surface area contributed by atoms with Crippen LogP contribution in [0.5, 0.6) is 0 Å². The first-order valence-corrected chi connectivity index (χ1v) is 5.74. The number of amides is 1. The van der Waals surface area contributed by atoms with Crippen LogP contribution in [-0.4, -0.2) is 33.4 Å². The number of rotatable bonds is 4. The standard InChI is InChI=1S/C12H21N3O2/c1-12(2,3)7-9(16)8-13-11(17)10-5-6-14-15(10)4/h5-6,9,16H,7-8H2,1-4H3,(H,13,17). The Kier molecular flexibility index (Phi) is 4.28. The van der Waals surface area contributed by atoms with Gasteiger partial charge in [0.1, 0.15) is 5.69 Å². The number of aliphatic hydroxyl groups excluding tert-OH is 1. The molecule has 0 aromatic carbocycles. The van der Waals surface area contributed by atoms with Crippen molar-refractivity contribution >= 4 is 5.91 Å². The van der Waals surface area contributed by atoms with Gasteiger partial charge in [-0.3, -0.25) is 9.48 Å². The highest BCUT2D eigenvalue weighted by Crippen LogP contribution is 2.20. The second kappa shape index (κ2) is 5.31. The van der Waals surface area contributed by atoms with E-state index in [4.69, 9.17) is 0 Å². The van der Waals surface area contributed by atoms with Crippen molar-refractivity contribution < 1.29 is 9.90 Å². The van der Waals surface area contributed by atoms with E-state index in [9.17, 15) is 9.90 Å². The van der Waals surface area contributed by atoms with E-state index < -0.39 is 6.10 Å². The van der Waals surface area contributed by atoms with Crippen LogP contribution in [0.1, 0.15) is 37.7 Å². The van der Waals surface area contributed by atoms with Gasteiger partial charge in [-0.15, -0.1) is 0 Å². The minimum absolute atomic E-state index is 0.0523. The van der Waals surface area contributed by atoms with Crippen molar-refractivity contribution in [3.8, 4) is 0 Å². The summed E-state index contributed by atoms with van der Waals surface area (Å²) in [5.74, 6) is -0.210. The third-order valence-corrected chi connectivity index (χ3v) is 2.40. The average molecular weight is 239 g/mol. The highest BCUT2D eigenvalue weighted by Gasteiger charge is 2.18. The fraction of sp³-hybridized carbons (Fsp3) is 0.667. The van der Waals surface area contributed by atoms with Gasteiger partial charge in [-0.2, -0.15) is 5.10 Å². The van der Waals surface area contributed by atoms with Crippen LogP contribution in [0, 0.1) is 5.41 Å². The predicted octanol–water partition coefficient (Wildman–Crippen LogP) is 0.947. The van der Waals surface area contributed by atoms with Crippen LogP contribution in [-0.2, 0) is 7.05 Å². The molecule has 96 valence electrons. The largest absolute Gasteiger partial charge is 0.391 e. The first-order valence-electron chi connectivity index (χ1n) is 5.74. The van der Waals surface area contributed by atoms with Crippen molar-refractivity contribution in [2.24, 2.45) is 12.5 Å². The van der Waals surface area contributed by atoms with Gasteiger partial charge in [0.15, 0.2) is 0 Å². The maximum Gasteiger partial charge on any atom is 0.269 e. The molecule has 1 aromatic rings. The maximum atomic E-state index is 11.7. The minimum atomic E-state index is -0.521. The van der Waals surface area contributed by atoms with Gasteiger partial charge in [-0.05, 0) is 17.9 Å². The van der Waals surface area contributed by atoms with Crippen LogP contribution in [0.15, 0.2) is 12.3 Å². The molecule has 1 heterocycles. The van der Waals surface area contributed by atoms with Crippen LogP contribution < -0.4 is 5.32 Å². The number of carbonyl (C=O) groups is 1. The lowest BCUT2D eigenvalue weighted by molar-refractivity contribution is 0.0860. The summed E-state index contributed by atoms with van der Waals surface area (Å²) in [6.07, 6.45) is 1.70. The summed E-state index contributed by atoms with van der Waals surface area (Å²) in [5, 5.41) is 16.4. The summed E-state index contributed by atoms with van der Waals surface area (Å²) < 4.78 is 1.51. The van der Waals surface area contributed by atoms with Gasteiger partial charge in [0.25, 0.3) is 5.91 Å². The SMILES string of the molecule is Cn1nccc1C(=O)NCC(O)CC(C)(C)C. The Balaban J connectivity index is 2.42. The smallest absolute Gasteiger partial charge is 0.269 e. The number of aromatic nitrogens is 2. The van der Waals surface area contributed by atoms with E-state index in [1.165, 1.54) is 4.68 Å². The second-order valence-corrected chi connectivity index (χ2v) is 5.47. The van der Waals surface area contributed by atoms with Gasteiger partial charge in [-0.25, -0.2) is 0 Å². The Labute approximate surface area is 102 Å². The second-order valence-electron chi connectivity index (χ2n) is 5.47. The van der Waals surface area contributed by atoms with Gasteiger partial charge in [0.05, 0.1) is 6.10 Å². The zero-order chi connectivity index (χ0) is 13.1. The molecule has 0 saturated heterocycles. The average Bonchev–Trinajstić information content (AvgIpc) is 2.58. The van der Waals surface area contributed by atoms with Crippen molar-refractivity contribution in [3.63, 3.8) is 0 Å². The summed E-state index contributed by atoms with van der Waals surface area (Å²) in [6.45, 7) is 6.43. The third kappa shape index (κ3) is 4.56. The van der Waals surface area contributed by atoms with Crippen molar-refractivity contribution in [2.45, 2.75) is 33.3 Å². The van der Waals surface area contributed by atoms with E-state index in [-0.39, 0.29) is 17.9 Å². The summed E-state index contributed by atoms with van der Waals surface area (Å²) in [4.78, 5) is 11.7. The molecule has 0 radical (unpaired) electrons. The maximum absolute atomic E-state index is 11.7. The molecule has 1 atom stereocenters. The van der Waals surface area contributed by atoms with Crippen LogP contribution in [0.25, 0.3) is 0 Å². The molecular formula is C12H21N3O2. The number of nitrogens with zero attached hydrogens (tertiary/aromatic N) is 2. The Morgan fingerprint density at radius 1 is 1.59 bits per heavy atom. The van der Waals surface area contributed by atoms with Crippen LogP contribution in [0.3, 0.4) is 0 Å². The lowest BCUT2D eigenvalue weighted by Crippen LogP contribution is -2.35. The van der Waals surface area contributed by atoms with E-state index in [1.807, 2.05) is 0 Å². The predicted molar refractivity (Wildman–Crippen MR) is 65.6 cm³/mol. The molecule has 17 heavy (non-hydrogen) atoms. The summed E-state index contributed by atoms with van der Waals surface area (Å²) in [6, 6.07) is 1.64. The quantitative estimate of drug-likeness (QED) is 0.822. The van der Waals surface area contributed by atoms with Gasteiger partial charge >= 0.3 is 0 Å². The molecule has 5 heteroatoms. The summed E-state index contributed by atoms with van der Waals surface area (Å²) in [5.41, 5.74) is 0.546. The van der Waals surface area contributed by atoms with E-state index in [2.05, 4.69) is 31.2 Å². The number of aryl methyl sites for hydroxylation is 1. The Bertz CT molecular complexity index is 379. The van der Waals surface area contributed by atoms with Crippen LogP contribution in [0.4, 0.5) is 0 Å². The highest BCUT2D eigenvalue weighted by atomic mass is 16.3. The minimum Gasteiger partial charge on any atom is -0.391 e. The molecule has 0 bridgehead atoms. The Morgan fingerprint density at radius 3 is 2.71 bits per heavy atom. The van der Waals surface area contributed by atoms with Crippen molar-refractivity contribution in [1.82, 2.24) is 15.1 Å². The number of hydrogen-bond donors (Lipinski definition) is 2. The van der Waals surface area contributed by atoms with Crippen LogP contribution in [0.2, 0.25) is 0 Å². The molecule has 1 unspecified atom stereocenters. The van der Waals surface area contributed by atoms with Gasteiger partial charge < -0.3 is 10.4 Å². The van der Waals surface area contributed by atoms with E-state index in [0.717, 1.165) is 0 Å². The van der Waals surface area contributed by atoms with Crippen molar-refractivity contribution in [1.29, 1.82) is 0 Å². The lowest BCUT2D eigenvalue weighted by Gasteiger charge is -2.22. The first-order chi connectivity index (χ1) is 7.79. The summed E-state index contributed by atoms with van der Waals surface area (Å²) in [7, 11) is 1.71. The molecule has 0 aliphatic heterocycles. The highest BCUT2D eigenvalue weighted by molar-refractivity contribution is 5.92. The van der Waals surface area contributed by atoms with Gasteiger partial charge in [-0.1, -0.05) is 20.8 Å². The molecule has 1 aromatic heterocycles. The molecule has 1 amide bonds. The van der Waals surface area contributed by atoms with Crippen LogP contribution >= 0.6 is 0 Å². The lowest BCUT2D eigenvalue weighted by atomic mass is 9.89. The molecule has 0 fully saturated rings. The Morgan fingerprint density at radius 2 is 2.24 bits per heavy atom. The summed E-state index contributed by atoms with van der Waals surface area (Å²) >= 11 is 0. The molecule has 0 aliphatic rings.